The number of hydrogen-bond donors (Lipinski definition) is 0. The van der Waals surface area contributed by atoms with Crippen molar-refractivity contribution in [1.29, 1.82) is 0 Å². The summed E-state index contributed by atoms with van der Waals surface area (Å²) in [5.74, 6) is -1.76. The standard InChI is InChI=1S/C12H7Cl2FN2O2/c1-19-12(18)11-9(15)10(16-5-17-11)6-2-7(13)4-8(14)3-6/h2-5H,1H3. The molecule has 0 fully saturated rings. The highest BCUT2D eigenvalue weighted by molar-refractivity contribution is 6.35. The van der Waals surface area contributed by atoms with Gasteiger partial charge in [0.15, 0.2) is 11.5 Å². The van der Waals surface area contributed by atoms with Gasteiger partial charge in [0, 0.05) is 15.6 Å². The van der Waals surface area contributed by atoms with Gasteiger partial charge in [0.25, 0.3) is 0 Å². The average Bonchev–Trinajstić information content (AvgIpc) is 2.37. The number of carbonyl (C=O) groups is 1. The third-order valence-electron chi connectivity index (χ3n) is 2.30. The average molecular weight is 301 g/mol. The maximum Gasteiger partial charge on any atom is 0.359 e. The number of rotatable bonds is 2. The first-order chi connectivity index (χ1) is 9.02. The zero-order valence-electron chi connectivity index (χ0n) is 9.65. The van der Waals surface area contributed by atoms with E-state index in [0.717, 1.165) is 13.4 Å². The van der Waals surface area contributed by atoms with Crippen LogP contribution in [-0.2, 0) is 4.74 Å². The van der Waals surface area contributed by atoms with Gasteiger partial charge >= 0.3 is 5.97 Å². The molecule has 98 valence electrons. The number of carbonyl (C=O) groups excluding carboxylic acids is 1. The Kier molecular flexibility index (Phi) is 3.97. The van der Waals surface area contributed by atoms with Crippen LogP contribution in [0.4, 0.5) is 4.39 Å². The van der Waals surface area contributed by atoms with Gasteiger partial charge in [-0.15, -0.1) is 0 Å². The van der Waals surface area contributed by atoms with Crippen LogP contribution in [-0.4, -0.2) is 23.0 Å². The molecule has 2 aromatic rings. The summed E-state index contributed by atoms with van der Waals surface area (Å²) < 4.78 is 18.6. The van der Waals surface area contributed by atoms with Crippen LogP contribution in [0.25, 0.3) is 11.3 Å². The van der Waals surface area contributed by atoms with Gasteiger partial charge in [-0.2, -0.15) is 0 Å². The van der Waals surface area contributed by atoms with Crippen molar-refractivity contribution in [3.05, 3.63) is 46.1 Å². The molecule has 0 saturated carbocycles. The molecule has 0 bridgehead atoms. The van der Waals surface area contributed by atoms with E-state index in [9.17, 15) is 9.18 Å². The molecule has 0 atom stereocenters. The summed E-state index contributed by atoms with van der Waals surface area (Å²) in [6.45, 7) is 0. The molecule has 0 amide bonds. The number of methoxy groups -OCH3 is 1. The fourth-order valence-corrected chi connectivity index (χ4v) is 2.03. The largest absolute Gasteiger partial charge is 0.464 e. The van der Waals surface area contributed by atoms with Gasteiger partial charge in [-0.3, -0.25) is 0 Å². The van der Waals surface area contributed by atoms with E-state index < -0.39 is 17.5 Å². The molecule has 2 rings (SSSR count). The van der Waals surface area contributed by atoms with E-state index in [-0.39, 0.29) is 5.69 Å². The summed E-state index contributed by atoms with van der Waals surface area (Å²) in [6.07, 6.45) is 1.07. The molecule has 7 heteroatoms. The molecule has 0 aliphatic carbocycles. The Morgan fingerprint density at radius 2 is 1.84 bits per heavy atom. The van der Waals surface area contributed by atoms with Crippen LogP contribution >= 0.6 is 23.2 Å². The molecule has 4 nitrogen and oxygen atoms in total. The molecule has 0 radical (unpaired) electrons. The smallest absolute Gasteiger partial charge is 0.359 e. The number of benzene rings is 1. The number of esters is 1. The summed E-state index contributed by atoms with van der Waals surface area (Å²) in [4.78, 5) is 18.7. The molecule has 1 heterocycles. The van der Waals surface area contributed by atoms with Gasteiger partial charge in [0.05, 0.1) is 7.11 Å². The number of nitrogens with zero attached hydrogens (tertiary/aromatic N) is 2. The van der Waals surface area contributed by atoms with E-state index in [1.165, 1.54) is 18.2 Å². The van der Waals surface area contributed by atoms with Gasteiger partial charge in [0.2, 0.25) is 0 Å². The first kappa shape index (κ1) is 13.7. The van der Waals surface area contributed by atoms with Gasteiger partial charge in [-0.1, -0.05) is 23.2 Å². The third-order valence-corrected chi connectivity index (χ3v) is 2.74. The van der Waals surface area contributed by atoms with Crippen molar-refractivity contribution in [2.75, 3.05) is 7.11 Å². The Bertz CT molecular complexity index is 629. The quantitative estimate of drug-likeness (QED) is 0.798. The minimum absolute atomic E-state index is 0.0696. The third kappa shape index (κ3) is 2.83. The summed E-state index contributed by atoms with van der Waals surface area (Å²) in [5, 5.41) is 0.667. The van der Waals surface area contributed by atoms with Crippen molar-refractivity contribution in [2.45, 2.75) is 0 Å². The molecule has 0 unspecified atom stereocenters. The lowest BCUT2D eigenvalue weighted by Crippen LogP contribution is -2.09. The van der Waals surface area contributed by atoms with E-state index in [2.05, 4.69) is 14.7 Å². The van der Waals surface area contributed by atoms with Gasteiger partial charge < -0.3 is 4.74 Å². The van der Waals surface area contributed by atoms with Gasteiger partial charge in [0.1, 0.15) is 12.0 Å². The summed E-state index contributed by atoms with van der Waals surface area (Å²) in [7, 11) is 1.14. The number of halogens is 3. The van der Waals surface area contributed by atoms with Crippen LogP contribution < -0.4 is 0 Å². The lowest BCUT2D eigenvalue weighted by molar-refractivity contribution is 0.0588. The first-order valence-electron chi connectivity index (χ1n) is 5.08. The van der Waals surface area contributed by atoms with Crippen molar-refractivity contribution in [1.82, 2.24) is 9.97 Å². The lowest BCUT2D eigenvalue weighted by atomic mass is 10.1. The van der Waals surface area contributed by atoms with Crippen LogP contribution in [0, 0.1) is 5.82 Å². The second-order valence-corrected chi connectivity index (χ2v) is 4.41. The highest BCUT2D eigenvalue weighted by atomic mass is 35.5. The maximum absolute atomic E-state index is 14.1. The van der Waals surface area contributed by atoms with E-state index in [4.69, 9.17) is 23.2 Å². The highest BCUT2D eigenvalue weighted by Crippen LogP contribution is 2.28. The Balaban J connectivity index is 2.60. The van der Waals surface area contributed by atoms with Crippen LogP contribution in [0.5, 0.6) is 0 Å². The van der Waals surface area contributed by atoms with Crippen molar-refractivity contribution in [3.63, 3.8) is 0 Å². The van der Waals surface area contributed by atoms with Crippen LogP contribution in [0.3, 0.4) is 0 Å². The van der Waals surface area contributed by atoms with E-state index in [1.54, 1.807) is 0 Å². The zero-order chi connectivity index (χ0) is 14.0. The summed E-state index contributed by atoms with van der Waals surface area (Å²) in [5.41, 5.74) is -0.161. The molecule has 0 saturated heterocycles. The SMILES string of the molecule is COC(=O)c1ncnc(-c2cc(Cl)cc(Cl)c2)c1F. The molecule has 0 aliphatic rings. The molecule has 1 aromatic carbocycles. The fraction of sp³-hybridized carbons (Fsp3) is 0.0833. The molecule has 1 aromatic heterocycles. The summed E-state index contributed by atoms with van der Waals surface area (Å²) in [6, 6.07) is 4.48. The second kappa shape index (κ2) is 5.50. The van der Waals surface area contributed by atoms with Crippen LogP contribution in [0.15, 0.2) is 24.5 Å². The van der Waals surface area contributed by atoms with Crippen molar-refractivity contribution in [2.24, 2.45) is 0 Å². The van der Waals surface area contributed by atoms with Crippen LogP contribution in [0.2, 0.25) is 10.0 Å². The lowest BCUT2D eigenvalue weighted by Gasteiger charge is -2.06. The van der Waals surface area contributed by atoms with Crippen molar-refractivity contribution in [3.8, 4) is 11.3 Å². The predicted octanol–water partition coefficient (Wildman–Crippen LogP) is 3.38. The first-order valence-corrected chi connectivity index (χ1v) is 5.84. The molecule has 0 aliphatic heterocycles. The topological polar surface area (TPSA) is 52.1 Å². The fourth-order valence-electron chi connectivity index (χ4n) is 1.50. The second-order valence-electron chi connectivity index (χ2n) is 3.53. The minimum Gasteiger partial charge on any atom is -0.464 e. The van der Waals surface area contributed by atoms with Crippen LogP contribution in [0.1, 0.15) is 10.5 Å². The Labute approximate surface area is 118 Å². The van der Waals surface area contributed by atoms with E-state index in [0.29, 0.717) is 15.6 Å². The normalized spacial score (nSPS) is 10.3. The molecule has 19 heavy (non-hydrogen) atoms. The van der Waals surface area contributed by atoms with Crippen molar-refractivity contribution < 1.29 is 13.9 Å². The Morgan fingerprint density at radius 3 is 2.42 bits per heavy atom. The Hall–Kier alpha value is -1.72. The predicted molar refractivity (Wildman–Crippen MR) is 68.8 cm³/mol. The van der Waals surface area contributed by atoms with Gasteiger partial charge in [-0.05, 0) is 18.2 Å². The number of hydrogen-bond acceptors (Lipinski definition) is 4. The monoisotopic (exact) mass is 300 g/mol. The molecule has 0 N–H and O–H groups in total. The van der Waals surface area contributed by atoms with E-state index in [1.807, 2.05) is 0 Å². The minimum atomic E-state index is -0.882. The summed E-state index contributed by atoms with van der Waals surface area (Å²) >= 11 is 11.7. The van der Waals surface area contributed by atoms with E-state index >= 15 is 0 Å². The maximum atomic E-state index is 14.1. The Morgan fingerprint density at radius 1 is 1.21 bits per heavy atom. The number of aromatic nitrogens is 2. The van der Waals surface area contributed by atoms with Gasteiger partial charge in [-0.25, -0.2) is 19.2 Å². The molecule has 0 spiro atoms. The highest BCUT2D eigenvalue weighted by Gasteiger charge is 2.19. The molecular weight excluding hydrogens is 294 g/mol. The molecular formula is C12H7Cl2FN2O2. The number of ether oxygens (including phenoxy) is 1. The zero-order valence-corrected chi connectivity index (χ0v) is 11.2. The van der Waals surface area contributed by atoms with Crippen molar-refractivity contribution >= 4 is 29.2 Å².